The van der Waals surface area contributed by atoms with Crippen LogP contribution in [0, 0.1) is 6.92 Å². The van der Waals surface area contributed by atoms with Gasteiger partial charge in [0.25, 0.3) is 0 Å². The summed E-state index contributed by atoms with van der Waals surface area (Å²) in [6.45, 7) is 2.19. The molecular weight excluding hydrogens is 150 g/mol. The van der Waals surface area contributed by atoms with E-state index in [9.17, 15) is 0 Å². The average molecular weight is 165 g/mol. The molecule has 0 fully saturated rings. The van der Waals surface area contributed by atoms with Crippen LogP contribution in [0.5, 0.6) is 0 Å². The third-order valence-corrected chi connectivity index (χ3v) is 2.01. The lowest BCUT2D eigenvalue weighted by Gasteiger charge is -2.13. The Hall–Kier alpha value is -0.860. The molecule has 1 atom stereocenters. The third kappa shape index (κ3) is 2.06. The lowest BCUT2D eigenvalue weighted by molar-refractivity contribution is 0.251. The third-order valence-electron chi connectivity index (χ3n) is 2.01. The molecule has 0 aliphatic heterocycles. The molecule has 0 heterocycles. The molecule has 0 amide bonds. The van der Waals surface area contributed by atoms with Gasteiger partial charge in [-0.15, -0.1) is 0 Å². The quantitative estimate of drug-likeness (QED) is 0.706. The first kappa shape index (κ1) is 9.23. The maximum atomic E-state index is 8.99. The van der Waals surface area contributed by atoms with Gasteiger partial charge in [-0.2, -0.15) is 0 Å². The Bertz CT molecular complexity index is 226. The summed E-state index contributed by atoms with van der Waals surface area (Å²) in [7, 11) is 1.85. The van der Waals surface area contributed by atoms with Crippen LogP contribution in [-0.2, 0) is 0 Å². The molecule has 0 bridgehead atoms. The van der Waals surface area contributed by atoms with Gasteiger partial charge >= 0.3 is 0 Å². The summed E-state index contributed by atoms with van der Waals surface area (Å²) >= 11 is 0. The minimum atomic E-state index is 0.0607. The Morgan fingerprint density at radius 3 is 2.33 bits per heavy atom. The summed E-state index contributed by atoms with van der Waals surface area (Å²) in [5.41, 5.74) is 2.37. The van der Waals surface area contributed by atoms with Crippen molar-refractivity contribution >= 4 is 0 Å². The number of rotatable bonds is 3. The molecule has 12 heavy (non-hydrogen) atoms. The smallest absolute Gasteiger partial charge is 0.0626 e. The zero-order valence-electron chi connectivity index (χ0n) is 7.54. The van der Waals surface area contributed by atoms with Crippen molar-refractivity contribution in [1.29, 1.82) is 0 Å². The number of aliphatic hydroxyl groups excluding tert-OH is 1. The molecule has 1 aromatic rings. The molecule has 0 aromatic heterocycles. The minimum absolute atomic E-state index is 0.0607. The van der Waals surface area contributed by atoms with E-state index in [4.69, 9.17) is 5.11 Å². The average Bonchev–Trinajstić information content (AvgIpc) is 2.10. The largest absolute Gasteiger partial charge is 0.394 e. The van der Waals surface area contributed by atoms with Crippen molar-refractivity contribution < 1.29 is 5.11 Å². The molecule has 1 aromatic carbocycles. The van der Waals surface area contributed by atoms with Crippen molar-refractivity contribution in [1.82, 2.24) is 5.32 Å². The number of nitrogens with one attached hydrogen (secondary N) is 1. The van der Waals surface area contributed by atoms with Crippen LogP contribution in [0.1, 0.15) is 17.2 Å². The van der Waals surface area contributed by atoms with Crippen LogP contribution >= 0.6 is 0 Å². The molecule has 0 saturated heterocycles. The van der Waals surface area contributed by atoms with E-state index < -0.39 is 0 Å². The second kappa shape index (κ2) is 4.24. The van der Waals surface area contributed by atoms with E-state index in [1.165, 1.54) is 5.56 Å². The monoisotopic (exact) mass is 165 g/mol. The van der Waals surface area contributed by atoms with Gasteiger partial charge in [-0.05, 0) is 19.5 Å². The molecule has 2 heteroatoms. The summed E-state index contributed by atoms with van der Waals surface area (Å²) in [4.78, 5) is 0. The Labute approximate surface area is 73.2 Å². The maximum absolute atomic E-state index is 8.99. The highest BCUT2D eigenvalue weighted by Crippen LogP contribution is 2.12. The molecule has 0 radical (unpaired) electrons. The van der Waals surface area contributed by atoms with Crippen molar-refractivity contribution in [2.24, 2.45) is 0 Å². The lowest BCUT2D eigenvalue weighted by atomic mass is 10.1. The highest BCUT2D eigenvalue weighted by molar-refractivity contribution is 5.24. The number of aryl methyl sites for hydroxylation is 1. The van der Waals surface area contributed by atoms with Crippen LogP contribution in [0.25, 0.3) is 0 Å². The topological polar surface area (TPSA) is 32.3 Å². The summed E-state index contributed by atoms with van der Waals surface area (Å²) in [5.74, 6) is 0. The SMILES string of the molecule is CN[C@H](CO)c1ccc(C)cc1. The standard InChI is InChI=1S/C10H15NO/c1-8-3-5-9(6-4-8)10(7-12)11-2/h3-6,10-12H,7H2,1-2H3/t10-/m1/s1. The van der Waals surface area contributed by atoms with Gasteiger partial charge in [0, 0.05) is 0 Å². The Kier molecular flexibility index (Phi) is 3.26. The van der Waals surface area contributed by atoms with Gasteiger partial charge in [0.15, 0.2) is 0 Å². The van der Waals surface area contributed by atoms with E-state index >= 15 is 0 Å². The molecule has 66 valence electrons. The van der Waals surface area contributed by atoms with Crippen molar-refractivity contribution in [3.8, 4) is 0 Å². The highest BCUT2D eigenvalue weighted by atomic mass is 16.3. The molecule has 1 rings (SSSR count). The normalized spacial score (nSPS) is 12.9. The first-order valence-corrected chi connectivity index (χ1v) is 4.12. The number of hydrogen-bond donors (Lipinski definition) is 2. The second-order valence-corrected chi connectivity index (χ2v) is 2.93. The fourth-order valence-corrected chi connectivity index (χ4v) is 1.16. The summed E-state index contributed by atoms with van der Waals surface area (Å²) in [5, 5.41) is 12.0. The maximum Gasteiger partial charge on any atom is 0.0626 e. The van der Waals surface area contributed by atoms with E-state index in [1.54, 1.807) is 0 Å². The zero-order chi connectivity index (χ0) is 8.97. The van der Waals surface area contributed by atoms with Gasteiger partial charge in [0.1, 0.15) is 0 Å². The van der Waals surface area contributed by atoms with Crippen LogP contribution in [0.2, 0.25) is 0 Å². The van der Waals surface area contributed by atoms with E-state index in [0.29, 0.717) is 0 Å². The van der Waals surface area contributed by atoms with Crippen LogP contribution in [0.4, 0.5) is 0 Å². The van der Waals surface area contributed by atoms with Gasteiger partial charge in [-0.1, -0.05) is 29.8 Å². The van der Waals surface area contributed by atoms with Gasteiger partial charge in [-0.3, -0.25) is 0 Å². The van der Waals surface area contributed by atoms with Crippen molar-refractivity contribution in [2.75, 3.05) is 13.7 Å². The predicted molar refractivity (Wildman–Crippen MR) is 50.1 cm³/mol. The van der Waals surface area contributed by atoms with Crippen LogP contribution in [0.3, 0.4) is 0 Å². The summed E-state index contributed by atoms with van der Waals surface area (Å²) in [6, 6.07) is 8.23. The predicted octanol–water partition coefficient (Wildman–Crippen LogP) is 1.25. The van der Waals surface area contributed by atoms with Crippen LogP contribution in [0.15, 0.2) is 24.3 Å². The molecule has 0 aliphatic rings. The van der Waals surface area contributed by atoms with E-state index in [-0.39, 0.29) is 12.6 Å². The van der Waals surface area contributed by atoms with E-state index in [0.717, 1.165) is 5.56 Å². The van der Waals surface area contributed by atoms with Crippen LogP contribution in [-0.4, -0.2) is 18.8 Å². The molecule has 0 saturated carbocycles. The first-order chi connectivity index (χ1) is 5.77. The van der Waals surface area contributed by atoms with Crippen LogP contribution < -0.4 is 5.32 Å². The summed E-state index contributed by atoms with van der Waals surface area (Å²) in [6.07, 6.45) is 0. The van der Waals surface area contributed by atoms with Gasteiger partial charge in [-0.25, -0.2) is 0 Å². The zero-order valence-corrected chi connectivity index (χ0v) is 7.54. The molecular formula is C10H15NO. The van der Waals surface area contributed by atoms with Crippen molar-refractivity contribution in [2.45, 2.75) is 13.0 Å². The molecule has 0 aliphatic carbocycles. The molecule has 0 spiro atoms. The molecule has 2 nitrogen and oxygen atoms in total. The fourth-order valence-electron chi connectivity index (χ4n) is 1.16. The number of hydrogen-bond acceptors (Lipinski definition) is 2. The van der Waals surface area contributed by atoms with E-state index in [2.05, 4.69) is 24.4 Å². The number of benzene rings is 1. The van der Waals surface area contributed by atoms with Gasteiger partial charge < -0.3 is 10.4 Å². The minimum Gasteiger partial charge on any atom is -0.394 e. The highest BCUT2D eigenvalue weighted by Gasteiger charge is 2.05. The molecule has 0 unspecified atom stereocenters. The summed E-state index contributed by atoms with van der Waals surface area (Å²) < 4.78 is 0. The fraction of sp³-hybridized carbons (Fsp3) is 0.400. The second-order valence-electron chi connectivity index (χ2n) is 2.93. The van der Waals surface area contributed by atoms with Crippen molar-refractivity contribution in [3.05, 3.63) is 35.4 Å². The van der Waals surface area contributed by atoms with Gasteiger partial charge in [0.2, 0.25) is 0 Å². The lowest BCUT2D eigenvalue weighted by Crippen LogP contribution is -2.19. The Balaban J connectivity index is 2.80. The Morgan fingerprint density at radius 2 is 1.92 bits per heavy atom. The molecule has 2 N–H and O–H groups in total. The Morgan fingerprint density at radius 1 is 1.33 bits per heavy atom. The van der Waals surface area contributed by atoms with Crippen molar-refractivity contribution in [3.63, 3.8) is 0 Å². The van der Waals surface area contributed by atoms with Gasteiger partial charge in [0.05, 0.1) is 12.6 Å². The first-order valence-electron chi connectivity index (χ1n) is 4.12. The number of likely N-dealkylation sites (N-methyl/N-ethyl adjacent to an activating group) is 1. The van der Waals surface area contributed by atoms with E-state index in [1.807, 2.05) is 19.2 Å². The number of aliphatic hydroxyl groups is 1.